The van der Waals surface area contributed by atoms with Gasteiger partial charge in [-0.05, 0) is 39.8 Å². The molecule has 0 aliphatic carbocycles. The SMILES string of the molecule is CC(Nc1cc(Cl)c(Cl)cc1N)C(=O)NC(C)(C)C. The van der Waals surface area contributed by atoms with Gasteiger partial charge in [0, 0.05) is 5.54 Å². The number of hydrogen-bond donors (Lipinski definition) is 3. The van der Waals surface area contributed by atoms with Crippen molar-refractivity contribution in [3.63, 3.8) is 0 Å². The molecule has 0 aliphatic heterocycles. The van der Waals surface area contributed by atoms with Crippen molar-refractivity contribution in [1.29, 1.82) is 0 Å². The number of carbonyl (C=O) groups is 1. The van der Waals surface area contributed by atoms with Crippen molar-refractivity contribution >= 4 is 40.5 Å². The number of amides is 1. The Labute approximate surface area is 123 Å². The Balaban J connectivity index is 2.80. The maximum absolute atomic E-state index is 12.0. The average molecular weight is 304 g/mol. The summed E-state index contributed by atoms with van der Waals surface area (Å²) in [5.41, 5.74) is 6.58. The van der Waals surface area contributed by atoms with Crippen LogP contribution >= 0.6 is 23.2 Å². The van der Waals surface area contributed by atoms with E-state index in [9.17, 15) is 4.79 Å². The summed E-state index contributed by atoms with van der Waals surface area (Å²) in [6.45, 7) is 7.52. The van der Waals surface area contributed by atoms with E-state index in [-0.39, 0.29) is 11.4 Å². The van der Waals surface area contributed by atoms with Crippen LogP contribution in [0.4, 0.5) is 11.4 Å². The summed E-state index contributed by atoms with van der Waals surface area (Å²) in [6.07, 6.45) is 0. The van der Waals surface area contributed by atoms with Gasteiger partial charge in [-0.15, -0.1) is 0 Å². The minimum absolute atomic E-state index is 0.113. The van der Waals surface area contributed by atoms with E-state index in [4.69, 9.17) is 28.9 Å². The summed E-state index contributed by atoms with van der Waals surface area (Å²) in [4.78, 5) is 12.0. The lowest BCUT2D eigenvalue weighted by Gasteiger charge is -2.24. The predicted octanol–water partition coefficient (Wildman–Crippen LogP) is 3.29. The Morgan fingerprint density at radius 2 is 1.79 bits per heavy atom. The molecule has 0 spiro atoms. The third kappa shape index (κ3) is 4.80. The van der Waals surface area contributed by atoms with Crippen molar-refractivity contribution < 1.29 is 4.79 Å². The topological polar surface area (TPSA) is 67.1 Å². The predicted molar refractivity (Wildman–Crippen MR) is 81.9 cm³/mol. The van der Waals surface area contributed by atoms with Gasteiger partial charge in [0.2, 0.25) is 5.91 Å². The highest BCUT2D eigenvalue weighted by atomic mass is 35.5. The van der Waals surface area contributed by atoms with Crippen molar-refractivity contribution in [3.05, 3.63) is 22.2 Å². The van der Waals surface area contributed by atoms with Gasteiger partial charge in [-0.1, -0.05) is 23.2 Å². The Kier molecular flexibility index (Phi) is 4.93. The number of hydrogen-bond acceptors (Lipinski definition) is 3. The van der Waals surface area contributed by atoms with Crippen LogP contribution in [0.25, 0.3) is 0 Å². The second-order valence-electron chi connectivity index (χ2n) is 5.46. The minimum Gasteiger partial charge on any atom is -0.397 e. The molecule has 0 heterocycles. The van der Waals surface area contributed by atoms with Gasteiger partial charge in [-0.2, -0.15) is 0 Å². The van der Waals surface area contributed by atoms with E-state index in [0.717, 1.165) is 0 Å². The Hall–Kier alpha value is -1.13. The average Bonchev–Trinajstić information content (AvgIpc) is 2.23. The summed E-state index contributed by atoms with van der Waals surface area (Å²) in [5, 5.41) is 6.68. The van der Waals surface area contributed by atoms with Crippen molar-refractivity contribution in [2.24, 2.45) is 0 Å². The largest absolute Gasteiger partial charge is 0.397 e. The van der Waals surface area contributed by atoms with Gasteiger partial charge < -0.3 is 16.4 Å². The first-order valence-corrected chi connectivity index (χ1v) is 6.69. The number of benzene rings is 1. The maximum atomic E-state index is 12.0. The molecule has 4 nitrogen and oxygen atoms in total. The van der Waals surface area contributed by atoms with Crippen molar-refractivity contribution in [2.75, 3.05) is 11.1 Å². The van der Waals surface area contributed by atoms with Crippen LogP contribution in [0.5, 0.6) is 0 Å². The molecule has 0 fully saturated rings. The highest BCUT2D eigenvalue weighted by molar-refractivity contribution is 6.42. The van der Waals surface area contributed by atoms with Gasteiger partial charge >= 0.3 is 0 Å². The standard InChI is InChI=1S/C13H19Cl2N3O/c1-7(12(19)18-13(2,3)4)17-11-6-9(15)8(14)5-10(11)16/h5-7,17H,16H2,1-4H3,(H,18,19). The van der Waals surface area contributed by atoms with Crippen LogP contribution in [0.15, 0.2) is 12.1 Å². The highest BCUT2D eigenvalue weighted by Crippen LogP contribution is 2.31. The second kappa shape index (κ2) is 5.88. The Morgan fingerprint density at radius 1 is 1.26 bits per heavy atom. The minimum atomic E-state index is -0.432. The monoisotopic (exact) mass is 303 g/mol. The fraction of sp³-hybridized carbons (Fsp3) is 0.462. The van der Waals surface area contributed by atoms with Gasteiger partial charge in [-0.3, -0.25) is 4.79 Å². The van der Waals surface area contributed by atoms with Crippen LogP contribution in [0, 0.1) is 0 Å². The maximum Gasteiger partial charge on any atom is 0.242 e. The van der Waals surface area contributed by atoms with Crippen LogP contribution in [0.2, 0.25) is 10.0 Å². The molecule has 0 aromatic heterocycles. The molecule has 1 rings (SSSR count). The fourth-order valence-corrected chi connectivity index (χ4v) is 1.80. The zero-order valence-electron chi connectivity index (χ0n) is 11.5. The zero-order valence-corrected chi connectivity index (χ0v) is 13.0. The molecule has 0 saturated carbocycles. The van der Waals surface area contributed by atoms with Gasteiger partial charge in [0.1, 0.15) is 6.04 Å². The van der Waals surface area contributed by atoms with Gasteiger partial charge in [0.25, 0.3) is 0 Å². The number of nitrogens with one attached hydrogen (secondary N) is 2. The number of carbonyl (C=O) groups excluding carboxylic acids is 1. The first-order chi connectivity index (χ1) is 8.60. The third-order valence-corrected chi connectivity index (χ3v) is 3.08. The molecule has 0 saturated heterocycles. The number of halogens is 2. The van der Waals surface area contributed by atoms with Crippen LogP contribution in [-0.4, -0.2) is 17.5 Å². The van der Waals surface area contributed by atoms with E-state index in [1.807, 2.05) is 20.8 Å². The molecule has 1 amide bonds. The first-order valence-electron chi connectivity index (χ1n) is 5.93. The molecule has 106 valence electrons. The molecule has 1 unspecified atom stereocenters. The molecule has 0 aliphatic rings. The van der Waals surface area contributed by atoms with Gasteiger partial charge in [0.15, 0.2) is 0 Å². The molecule has 0 bridgehead atoms. The summed E-state index contributed by atoms with van der Waals surface area (Å²) in [6, 6.07) is 2.74. The lowest BCUT2D eigenvalue weighted by atomic mass is 10.1. The summed E-state index contributed by atoms with van der Waals surface area (Å²) < 4.78 is 0. The van der Waals surface area contributed by atoms with Crippen molar-refractivity contribution in [2.45, 2.75) is 39.3 Å². The Morgan fingerprint density at radius 3 is 2.32 bits per heavy atom. The molecule has 4 N–H and O–H groups in total. The van der Waals surface area contributed by atoms with E-state index >= 15 is 0 Å². The molecule has 19 heavy (non-hydrogen) atoms. The number of rotatable bonds is 3. The Bertz CT molecular complexity index is 484. The van der Waals surface area contributed by atoms with Crippen molar-refractivity contribution in [1.82, 2.24) is 5.32 Å². The molecule has 1 aromatic carbocycles. The summed E-state index contributed by atoms with van der Waals surface area (Å²) >= 11 is 11.8. The first kappa shape index (κ1) is 15.9. The summed E-state index contributed by atoms with van der Waals surface area (Å²) in [5.74, 6) is -0.113. The smallest absolute Gasteiger partial charge is 0.242 e. The molecule has 0 radical (unpaired) electrons. The van der Waals surface area contributed by atoms with E-state index in [1.165, 1.54) is 0 Å². The van der Waals surface area contributed by atoms with Gasteiger partial charge in [0.05, 0.1) is 21.4 Å². The third-order valence-electron chi connectivity index (χ3n) is 2.36. The fourth-order valence-electron chi connectivity index (χ4n) is 1.46. The highest BCUT2D eigenvalue weighted by Gasteiger charge is 2.19. The number of anilines is 2. The van der Waals surface area contributed by atoms with E-state index in [2.05, 4.69) is 10.6 Å². The number of nitrogen functional groups attached to an aromatic ring is 1. The van der Waals surface area contributed by atoms with E-state index in [0.29, 0.717) is 21.4 Å². The molecular weight excluding hydrogens is 285 g/mol. The summed E-state index contributed by atoms with van der Waals surface area (Å²) in [7, 11) is 0. The number of nitrogens with two attached hydrogens (primary N) is 1. The lowest BCUT2D eigenvalue weighted by Crippen LogP contribution is -2.47. The quantitative estimate of drug-likeness (QED) is 0.751. The molecular formula is C13H19Cl2N3O. The van der Waals surface area contributed by atoms with Crippen LogP contribution in [0.1, 0.15) is 27.7 Å². The van der Waals surface area contributed by atoms with Crippen molar-refractivity contribution in [3.8, 4) is 0 Å². The lowest BCUT2D eigenvalue weighted by molar-refractivity contribution is -0.122. The zero-order chi connectivity index (χ0) is 14.8. The normalized spacial score (nSPS) is 12.9. The van der Waals surface area contributed by atoms with E-state index in [1.54, 1.807) is 19.1 Å². The van der Waals surface area contributed by atoms with Gasteiger partial charge in [-0.25, -0.2) is 0 Å². The van der Waals surface area contributed by atoms with Crippen LogP contribution in [0.3, 0.4) is 0 Å². The molecule has 1 atom stereocenters. The van der Waals surface area contributed by atoms with Crippen LogP contribution in [-0.2, 0) is 4.79 Å². The molecule has 6 heteroatoms. The van der Waals surface area contributed by atoms with E-state index < -0.39 is 6.04 Å². The second-order valence-corrected chi connectivity index (χ2v) is 6.27. The van der Waals surface area contributed by atoms with Crippen LogP contribution < -0.4 is 16.4 Å². The molecule has 1 aromatic rings.